The number of carbonyl (C=O) groups is 3. The van der Waals surface area contributed by atoms with E-state index in [0.717, 1.165) is 4.47 Å². The van der Waals surface area contributed by atoms with Gasteiger partial charge in [0.2, 0.25) is 5.91 Å². The largest absolute Gasteiger partial charge is 0.392 e. The van der Waals surface area contributed by atoms with Crippen molar-refractivity contribution in [1.29, 1.82) is 0 Å². The molecule has 2 fully saturated rings. The first-order chi connectivity index (χ1) is 10.6. The number of nitrogens with one attached hydrogen (secondary N) is 1. The summed E-state index contributed by atoms with van der Waals surface area (Å²) in [5.74, 6) is -1.68. The first-order valence-electron chi connectivity index (χ1n) is 7.49. The van der Waals surface area contributed by atoms with Crippen LogP contribution in [0.1, 0.15) is 33.6 Å². The molecule has 0 spiro atoms. The highest BCUT2D eigenvalue weighted by atomic mass is 79.9. The van der Waals surface area contributed by atoms with Crippen molar-refractivity contribution in [3.63, 3.8) is 0 Å². The number of fused-ring (bicyclic) bond motifs is 2. The van der Waals surface area contributed by atoms with Crippen LogP contribution in [0.5, 0.6) is 0 Å². The Morgan fingerprint density at radius 1 is 1.09 bits per heavy atom. The third-order valence-electron chi connectivity index (χ3n) is 5.92. The molecule has 6 heteroatoms. The van der Waals surface area contributed by atoms with Crippen LogP contribution in [-0.4, -0.2) is 17.8 Å². The van der Waals surface area contributed by atoms with Gasteiger partial charge in [0, 0.05) is 15.6 Å². The van der Waals surface area contributed by atoms with Crippen LogP contribution < -0.4 is 5.32 Å². The van der Waals surface area contributed by atoms with E-state index in [1.165, 1.54) is 0 Å². The number of cyclic esters (lactones) is 2. The number of halogens is 1. The van der Waals surface area contributed by atoms with Crippen molar-refractivity contribution in [2.45, 2.75) is 33.6 Å². The van der Waals surface area contributed by atoms with E-state index in [4.69, 9.17) is 4.74 Å². The number of rotatable bonds is 2. The highest BCUT2D eigenvalue weighted by Gasteiger charge is 2.75. The molecular weight excluding hydrogens is 362 g/mol. The standard InChI is InChI=1S/C17H18BrNO4/c1-15(2)16(3)8-9-17(15,14(22)23-13(16)21)12(20)19-11-6-4-10(18)5-7-11/h4-7H,8-9H2,1-3H3,(H,19,20). The van der Waals surface area contributed by atoms with Crippen LogP contribution in [0.3, 0.4) is 0 Å². The van der Waals surface area contributed by atoms with Gasteiger partial charge >= 0.3 is 11.9 Å². The van der Waals surface area contributed by atoms with Crippen molar-refractivity contribution >= 4 is 39.5 Å². The molecule has 23 heavy (non-hydrogen) atoms. The summed E-state index contributed by atoms with van der Waals surface area (Å²) in [6, 6.07) is 7.11. The Kier molecular flexibility index (Phi) is 3.45. The highest BCUT2D eigenvalue weighted by Crippen LogP contribution is 2.66. The zero-order valence-electron chi connectivity index (χ0n) is 13.2. The van der Waals surface area contributed by atoms with E-state index >= 15 is 0 Å². The van der Waals surface area contributed by atoms with E-state index in [-0.39, 0.29) is 0 Å². The minimum Gasteiger partial charge on any atom is -0.392 e. The van der Waals surface area contributed by atoms with Crippen LogP contribution >= 0.6 is 15.9 Å². The molecule has 1 heterocycles. The lowest BCUT2D eigenvalue weighted by atomic mass is 9.57. The lowest BCUT2D eigenvalue weighted by molar-refractivity contribution is -0.195. The Balaban J connectivity index is 1.99. The van der Waals surface area contributed by atoms with Gasteiger partial charge in [-0.1, -0.05) is 29.8 Å². The van der Waals surface area contributed by atoms with Gasteiger partial charge in [0.25, 0.3) is 0 Å². The van der Waals surface area contributed by atoms with Gasteiger partial charge in [-0.3, -0.25) is 14.4 Å². The van der Waals surface area contributed by atoms with Crippen molar-refractivity contribution in [2.24, 2.45) is 16.2 Å². The van der Waals surface area contributed by atoms with Crippen LogP contribution in [0.25, 0.3) is 0 Å². The molecule has 1 saturated carbocycles. The fourth-order valence-electron chi connectivity index (χ4n) is 3.79. The van der Waals surface area contributed by atoms with Gasteiger partial charge < -0.3 is 10.1 Å². The van der Waals surface area contributed by atoms with Crippen LogP contribution in [-0.2, 0) is 19.1 Å². The zero-order chi connectivity index (χ0) is 17.0. The molecule has 1 amide bonds. The van der Waals surface area contributed by atoms with Gasteiger partial charge in [0.1, 0.15) is 0 Å². The SMILES string of the molecule is CC12CCC(C(=O)Nc3ccc(Br)cc3)(C(=O)OC1=O)C2(C)C. The van der Waals surface area contributed by atoms with Crippen molar-refractivity contribution in [3.05, 3.63) is 28.7 Å². The van der Waals surface area contributed by atoms with Crippen molar-refractivity contribution < 1.29 is 19.1 Å². The van der Waals surface area contributed by atoms with E-state index in [0.29, 0.717) is 18.5 Å². The summed E-state index contributed by atoms with van der Waals surface area (Å²) >= 11 is 3.34. The van der Waals surface area contributed by atoms with Crippen LogP contribution in [0, 0.1) is 16.2 Å². The topological polar surface area (TPSA) is 72.5 Å². The maximum absolute atomic E-state index is 13.0. The van der Waals surface area contributed by atoms with E-state index in [2.05, 4.69) is 21.2 Å². The second-order valence-electron chi connectivity index (χ2n) is 7.00. The van der Waals surface area contributed by atoms with E-state index in [1.807, 2.05) is 0 Å². The number of amides is 1. The van der Waals surface area contributed by atoms with Gasteiger partial charge in [0.15, 0.2) is 5.41 Å². The van der Waals surface area contributed by atoms with Crippen molar-refractivity contribution in [3.8, 4) is 0 Å². The smallest absolute Gasteiger partial charge is 0.329 e. The molecule has 1 aliphatic heterocycles. The van der Waals surface area contributed by atoms with Crippen molar-refractivity contribution in [1.82, 2.24) is 0 Å². The summed E-state index contributed by atoms with van der Waals surface area (Å²) < 4.78 is 5.84. The molecule has 5 nitrogen and oxygen atoms in total. The summed E-state index contributed by atoms with van der Waals surface area (Å²) in [5.41, 5.74) is -2.39. The first-order valence-corrected chi connectivity index (χ1v) is 8.28. The normalized spacial score (nSPS) is 31.7. The Morgan fingerprint density at radius 2 is 1.70 bits per heavy atom. The highest BCUT2D eigenvalue weighted by molar-refractivity contribution is 9.10. The lowest BCUT2D eigenvalue weighted by Crippen LogP contribution is -2.60. The number of ether oxygens (including phenoxy) is 1. The Hall–Kier alpha value is -1.69. The van der Waals surface area contributed by atoms with Gasteiger partial charge in [-0.05, 0) is 44.0 Å². The fraction of sp³-hybridized carbons (Fsp3) is 0.471. The Morgan fingerprint density at radius 3 is 2.30 bits per heavy atom. The summed E-state index contributed by atoms with van der Waals surface area (Å²) in [6.45, 7) is 5.38. The third kappa shape index (κ3) is 1.94. The molecule has 122 valence electrons. The molecule has 2 unspecified atom stereocenters. The molecular formula is C17H18BrNO4. The van der Waals surface area contributed by atoms with E-state index in [1.54, 1.807) is 45.0 Å². The average molecular weight is 380 g/mol. The monoisotopic (exact) mass is 379 g/mol. The maximum atomic E-state index is 13.0. The maximum Gasteiger partial charge on any atom is 0.329 e. The van der Waals surface area contributed by atoms with Crippen LogP contribution in [0.2, 0.25) is 0 Å². The molecule has 1 aromatic rings. The minimum absolute atomic E-state index is 0.309. The second-order valence-corrected chi connectivity index (χ2v) is 7.92. The number of hydrogen-bond donors (Lipinski definition) is 1. The number of esters is 2. The van der Waals surface area contributed by atoms with Gasteiger partial charge in [-0.2, -0.15) is 0 Å². The Bertz CT molecular complexity index is 712. The van der Waals surface area contributed by atoms with Crippen LogP contribution in [0.4, 0.5) is 5.69 Å². The Labute approximate surface area is 142 Å². The third-order valence-corrected chi connectivity index (χ3v) is 6.45. The molecule has 0 radical (unpaired) electrons. The minimum atomic E-state index is -1.34. The zero-order valence-corrected chi connectivity index (χ0v) is 14.8. The quantitative estimate of drug-likeness (QED) is 0.631. The summed E-state index contributed by atoms with van der Waals surface area (Å²) in [5, 5.41) is 2.80. The fourth-order valence-corrected chi connectivity index (χ4v) is 4.06. The summed E-state index contributed by atoms with van der Waals surface area (Å²) in [7, 11) is 0. The lowest BCUT2D eigenvalue weighted by Gasteiger charge is -2.48. The number of carbonyl (C=O) groups excluding carboxylic acids is 3. The van der Waals surface area contributed by atoms with Crippen LogP contribution in [0.15, 0.2) is 28.7 Å². The number of hydrogen-bond acceptors (Lipinski definition) is 4. The average Bonchev–Trinajstić information content (AvgIpc) is 2.63. The van der Waals surface area contributed by atoms with Gasteiger partial charge in [-0.15, -0.1) is 0 Å². The number of benzene rings is 1. The van der Waals surface area contributed by atoms with E-state index < -0.39 is 34.1 Å². The molecule has 1 saturated heterocycles. The molecule has 2 bridgehead atoms. The van der Waals surface area contributed by atoms with Gasteiger partial charge in [-0.25, -0.2) is 0 Å². The summed E-state index contributed by atoms with van der Waals surface area (Å²) in [6.07, 6.45) is 0.766. The molecule has 1 aliphatic carbocycles. The van der Waals surface area contributed by atoms with E-state index in [9.17, 15) is 14.4 Å². The first kappa shape index (κ1) is 16.2. The predicted molar refractivity (Wildman–Crippen MR) is 87.4 cm³/mol. The molecule has 3 rings (SSSR count). The molecule has 2 aliphatic rings. The predicted octanol–water partition coefficient (Wildman–Crippen LogP) is 3.28. The molecule has 1 N–H and O–H groups in total. The number of anilines is 1. The van der Waals surface area contributed by atoms with Crippen molar-refractivity contribution in [2.75, 3.05) is 5.32 Å². The second kappa shape index (κ2) is 4.90. The molecule has 1 aromatic carbocycles. The molecule has 2 atom stereocenters. The van der Waals surface area contributed by atoms with Gasteiger partial charge in [0.05, 0.1) is 5.41 Å². The molecule has 0 aromatic heterocycles. The summed E-state index contributed by atoms with van der Waals surface area (Å²) in [4.78, 5) is 37.7.